The molecule has 132 valence electrons. The minimum Gasteiger partial charge on any atom is -0.356 e. The van der Waals surface area contributed by atoms with E-state index in [2.05, 4.69) is 30.4 Å². The standard InChI is InChI=1S/C18H17FN6O/c19-13-5-3-12(4-6-13)14-9-15(24-23-14)18(26)22-16-10-17(21-11-20-16)25-7-1-2-8-25/h3-6,9-11H,1-2,7-8H2,(H,23,24)(H,20,21,22,26). The quantitative estimate of drug-likeness (QED) is 0.754. The van der Waals surface area contributed by atoms with Gasteiger partial charge in [-0.3, -0.25) is 9.89 Å². The van der Waals surface area contributed by atoms with E-state index >= 15 is 0 Å². The summed E-state index contributed by atoms with van der Waals surface area (Å²) < 4.78 is 13.0. The van der Waals surface area contributed by atoms with Crippen molar-refractivity contribution in [3.8, 4) is 11.3 Å². The molecule has 7 nitrogen and oxygen atoms in total. The molecule has 1 aliphatic rings. The van der Waals surface area contributed by atoms with Crippen LogP contribution in [0.25, 0.3) is 11.3 Å². The van der Waals surface area contributed by atoms with E-state index in [1.165, 1.54) is 18.5 Å². The second kappa shape index (κ2) is 6.91. The van der Waals surface area contributed by atoms with Crippen molar-refractivity contribution in [2.45, 2.75) is 12.8 Å². The fraction of sp³-hybridized carbons (Fsp3) is 0.222. The van der Waals surface area contributed by atoms with Gasteiger partial charge in [0.15, 0.2) is 0 Å². The molecule has 1 amide bonds. The monoisotopic (exact) mass is 352 g/mol. The van der Waals surface area contributed by atoms with Gasteiger partial charge in [0.1, 0.15) is 29.5 Å². The maximum atomic E-state index is 13.0. The van der Waals surface area contributed by atoms with E-state index < -0.39 is 0 Å². The number of H-pyrrole nitrogens is 1. The number of hydrogen-bond acceptors (Lipinski definition) is 5. The Morgan fingerprint density at radius 2 is 1.88 bits per heavy atom. The van der Waals surface area contributed by atoms with Crippen LogP contribution in [0.5, 0.6) is 0 Å². The molecule has 4 rings (SSSR count). The van der Waals surface area contributed by atoms with Gasteiger partial charge in [-0.15, -0.1) is 0 Å². The largest absolute Gasteiger partial charge is 0.356 e. The van der Waals surface area contributed by atoms with Gasteiger partial charge in [0, 0.05) is 24.7 Å². The Hall–Kier alpha value is -3.29. The summed E-state index contributed by atoms with van der Waals surface area (Å²) in [6.07, 6.45) is 3.73. The summed E-state index contributed by atoms with van der Waals surface area (Å²) in [4.78, 5) is 23.0. The molecule has 26 heavy (non-hydrogen) atoms. The highest BCUT2D eigenvalue weighted by Gasteiger charge is 2.16. The number of nitrogens with one attached hydrogen (secondary N) is 2. The van der Waals surface area contributed by atoms with Crippen LogP contribution in [0.1, 0.15) is 23.3 Å². The highest BCUT2D eigenvalue weighted by Crippen LogP contribution is 2.21. The molecule has 1 saturated heterocycles. The van der Waals surface area contributed by atoms with Crippen molar-refractivity contribution in [3.63, 3.8) is 0 Å². The van der Waals surface area contributed by atoms with Gasteiger partial charge in [0.2, 0.25) is 0 Å². The maximum Gasteiger partial charge on any atom is 0.274 e. The number of amides is 1. The first-order valence-corrected chi connectivity index (χ1v) is 8.39. The Labute approximate surface area is 149 Å². The predicted molar refractivity (Wildman–Crippen MR) is 95.4 cm³/mol. The number of carbonyl (C=O) groups excluding carboxylic acids is 1. The summed E-state index contributed by atoms with van der Waals surface area (Å²) in [5.41, 5.74) is 1.58. The van der Waals surface area contributed by atoms with Crippen LogP contribution in [0.15, 0.2) is 42.7 Å². The average molecular weight is 352 g/mol. The molecule has 1 aromatic carbocycles. The number of aromatic nitrogens is 4. The van der Waals surface area contributed by atoms with Crippen molar-refractivity contribution in [1.29, 1.82) is 0 Å². The lowest BCUT2D eigenvalue weighted by Gasteiger charge is -2.16. The van der Waals surface area contributed by atoms with Crippen LogP contribution in [0, 0.1) is 5.82 Å². The predicted octanol–water partition coefficient (Wildman–Crippen LogP) is 2.86. The third kappa shape index (κ3) is 3.39. The summed E-state index contributed by atoms with van der Waals surface area (Å²) >= 11 is 0. The van der Waals surface area contributed by atoms with Crippen LogP contribution in [0.4, 0.5) is 16.0 Å². The minimum absolute atomic E-state index is 0.297. The normalized spacial score (nSPS) is 13.8. The van der Waals surface area contributed by atoms with Crippen LogP contribution in [-0.2, 0) is 0 Å². The molecule has 3 aromatic rings. The van der Waals surface area contributed by atoms with Crippen molar-refractivity contribution in [2.24, 2.45) is 0 Å². The van der Waals surface area contributed by atoms with Crippen molar-refractivity contribution < 1.29 is 9.18 Å². The number of nitrogens with zero attached hydrogens (tertiary/aromatic N) is 4. The molecular weight excluding hydrogens is 335 g/mol. The average Bonchev–Trinajstić information content (AvgIpc) is 3.35. The zero-order valence-electron chi connectivity index (χ0n) is 13.9. The van der Waals surface area contributed by atoms with Crippen LogP contribution in [0.2, 0.25) is 0 Å². The molecule has 8 heteroatoms. The van der Waals surface area contributed by atoms with E-state index in [9.17, 15) is 9.18 Å². The fourth-order valence-electron chi connectivity index (χ4n) is 2.92. The number of rotatable bonds is 4. The van der Waals surface area contributed by atoms with E-state index in [1.807, 2.05) is 0 Å². The third-order valence-corrected chi connectivity index (χ3v) is 4.29. The molecule has 1 fully saturated rings. The number of anilines is 2. The number of hydrogen-bond donors (Lipinski definition) is 2. The van der Waals surface area contributed by atoms with E-state index in [0.29, 0.717) is 17.2 Å². The molecule has 2 N–H and O–H groups in total. The van der Waals surface area contributed by atoms with Gasteiger partial charge in [-0.25, -0.2) is 14.4 Å². The van der Waals surface area contributed by atoms with Crippen LogP contribution in [-0.4, -0.2) is 39.2 Å². The second-order valence-electron chi connectivity index (χ2n) is 6.08. The van der Waals surface area contributed by atoms with Crippen molar-refractivity contribution in [1.82, 2.24) is 20.2 Å². The van der Waals surface area contributed by atoms with Gasteiger partial charge in [0.25, 0.3) is 5.91 Å². The number of halogens is 1. The van der Waals surface area contributed by atoms with Gasteiger partial charge < -0.3 is 10.2 Å². The zero-order valence-corrected chi connectivity index (χ0v) is 13.9. The minimum atomic E-state index is -0.350. The lowest BCUT2D eigenvalue weighted by molar-refractivity contribution is 0.102. The van der Waals surface area contributed by atoms with Gasteiger partial charge in [-0.05, 0) is 43.2 Å². The van der Waals surface area contributed by atoms with E-state index in [-0.39, 0.29) is 11.7 Å². The lowest BCUT2D eigenvalue weighted by Crippen LogP contribution is -2.20. The number of benzene rings is 1. The molecule has 3 heterocycles. The summed E-state index contributed by atoms with van der Waals surface area (Å²) in [5, 5.41) is 9.56. The van der Waals surface area contributed by atoms with Gasteiger partial charge in [0.05, 0.1) is 5.69 Å². The lowest BCUT2D eigenvalue weighted by atomic mass is 10.1. The Balaban J connectivity index is 1.48. The maximum absolute atomic E-state index is 13.0. The first-order chi connectivity index (χ1) is 12.7. The van der Waals surface area contributed by atoms with E-state index in [0.717, 1.165) is 37.3 Å². The molecule has 0 radical (unpaired) electrons. The molecule has 0 unspecified atom stereocenters. The number of aromatic amines is 1. The molecule has 0 atom stereocenters. The van der Waals surface area contributed by atoms with Gasteiger partial charge in [-0.2, -0.15) is 5.10 Å². The SMILES string of the molecule is O=C(Nc1cc(N2CCCC2)ncn1)c1cc(-c2ccc(F)cc2)n[nH]1. The van der Waals surface area contributed by atoms with Gasteiger partial charge in [-0.1, -0.05) is 0 Å². The zero-order chi connectivity index (χ0) is 17.9. The van der Waals surface area contributed by atoms with Crippen LogP contribution < -0.4 is 10.2 Å². The Morgan fingerprint density at radius 3 is 2.65 bits per heavy atom. The summed E-state index contributed by atoms with van der Waals surface area (Å²) in [5.74, 6) is 0.575. The van der Waals surface area contributed by atoms with Crippen LogP contribution in [0.3, 0.4) is 0 Å². The summed E-state index contributed by atoms with van der Waals surface area (Å²) in [6, 6.07) is 9.31. The van der Waals surface area contributed by atoms with Gasteiger partial charge >= 0.3 is 0 Å². The molecule has 2 aromatic heterocycles. The smallest absolute Gasteiger partial charge is 0.274 e. The topological polar surface area (TPSA) is 86.8 Å². The summed E-state index contributed by atoms with van der Waals surface area (Å²) in [6.45, 7) is 1.93. The molecule has 0 aliphatic carbocycles. The molecule has 0 saturated carbocycles. The van der Waals surface area contributed by atoms with E-state index in [1.54, 1.807) is 24.3 Å². The molecule has 1 aliphatic heterocycles. The molecular formula is C18H17FN6O. The van der Waals surface area contributed by atoms with Crippen molar-refractivity contribution >= 4 is 17.5 Å². The van der Waals surface area contributed by atoms with Crippen LogP contribution >= 0.6 is 0 Å². The molecule has 0 bridgehead atoms. The van der Waals surface area contributed by atoms with Crippen molar-refractivity contribution in [3.05, 3.63) is 54.2 Å². The summed E-state index contributed by atoms with van der Waals surface area (Å²) in [7, 11) is 0. The third-order valence-electron chi connectivity index (χ3n) is 4.29. The Kier molecular flexibility index (Phi) is 4.30. The Bertz CT molecular complexity index is 917. The highest BCUT2D eigenvalue weighted by atomic mass is 19.1. The molecule has 0 spiro atoms. The Morgan fingerprint density at radius 1 is 1.12 bits per heavy atom. The second-order valence-corrected chi connectivity index (χ2v) is 6.08. The highest BCUT2D eigenvalue weighted by molar-refractivity contribution is 6.03. The first kappa shape index (κ1) is 16.2. The first-order valence-electron chi connectivity index (χ1n) is 8.39. The van der Waals surface area contributed by atoms with E-state index in [4.69, 9.17) is 0 Å². The van der Waals surface area contributed by atoms with Crippen molar-refractivity contribution in [2.75, 3.05) is 23.3 Å². The number of carbonyl (C=O) groups is 1. The fourth-order valence-corrected chi connectivity index (χ4v) is 2.92.